The third kappa shape index (κ3) is 5.78. The molecule has 0 bridgehead atoms. The third-order valence-corrected chi connectivity index (χ3v) is 6.72. The Morgan fingerprint density at radius 1 is 1.06 bits per heavy atom. The first kappa shape index (κ1) is 23.6. The molecule has 2 aliphatic carbocycles. The van der Waals surface area contributed by atoms with Crippen molar-refractivity contribution in [2.75, 3.05) is 6.61 Å². The number of pyridine rings is 1. The van der Waals surface area contributed by atoms with E-state index >= 15 is 0 Å². The first-order valence-corrected chi connectivity index (χ1v) is 12.1. The highest BCUT2D eigenvalue weighted by molar-refractivity contribution is 5.97. The second-order valence-electron chi connectivity index (χ2n) is 9.66. The zero-order chi connectivity index (χ0) is 22.4. The van der Waals surface area contributed by atoms with Gasteiger partial charge in [-0.1, -0.05) is 32.1 Å². The largest absolute Gasteiger partial charge is 0.464 e. The van der Waals surface area contributed by atoms with Gasteiger partial charge >= 0.3 is 5.97 Å². The molecule has 0 radical (unpaired) electrons. The van der Waals surface area contributed by atoms with Crippen LogP contribution in [0.25, 0.3) is 0 Å². The third-order valence-electron chi connectivity index (χ3n) is 6.72. The Balaban J connectivity index is 1.96. The number of amides is 1. The van der Waals surface area contributed by atoms with E-state index in [4.69, 9.17) is 4.74 Å². The SMILES string of the molecule is CCOC(=O)C(C)(C)NC(=O)c1cc2c(n(CC3CCCCC3)c1=O)CCCCCC2. The van der Waals surface area contributed by atoms with Gasteiger partial charge in [-0.05, 0) is 76.8 Å². The summed E-state index contributed by atoms with van der Waals surface area (Å²) in [7, 11) is 0. The fourth-order valence-corrected chi connectivity index (χ4v) is 4.93. The Bertz CT molecular complexity index is 850. The molecule has 0 atom stereocenters. The summed E-state index contributed by atoms with van der Waals surface area (Å²) >= 11 is 0. The molecule has 1 aromatic heterocycles. The quantitative estimate of drug-likeness (QED) is 0.688. The van der Waals surface area contributed by atoms with Crippen molar-refractivity contribution >= 4 is 11.9 Å². The number of nitrogens with one attached hydrogen (secondary N) is 1. The lowest BCUT2D eigenvalue weighted by atomic mass is 9.88. The van der Waals surface area contributed by atoms with E-state index in [1.807, 2.05) is 4.57 Å². The van der Waals surface area contributed by atoms with Gasteiger partial charge in [0.1, 0.15) is 11.1 Å². The first-order chi connectivity index (χ1) is 14.8. The van der Waals surface area contributed by atoms with Crippen LogP contribution in [0.1, 0.15) is 100 Å². The van der Waals surface area contributed by atoms with Crippen LogP contribution < -0.4 is 10.9 Å². The molecule has 6 heteroatoms. The summed E-state index contributed by atoms with van der Waals surface area (Å²) in [4.78, 5) is 38.9. The first-order valence-electron chi connectivity index (χ1n) is 12.1. The van der Waals surface area contributed by atoms with Crippen molar-refractivity contribution in [1.82, 2.24) is 9.88 Å². The number of aryl methyl sites for hydroxylation is 1. The molecule has 2 aliphatic rings. The van der Waals surface area contributed by atoms with Crippen molar-refractivity contribution < 1.29 is 14.3 Å². The second kappa shape index (κ2) is 10.5. The van der Waals surface area contributed by atoms with Crippen LogP contribution in [0.4, 0.5) is 0 Å². The van der Waals surface area contributed by atoms with Crippen molar-refractivity contribution in [2.24, 2.45) is 5.92 Å². The summed E-state index contributed by atoms with van der Waals surface area (Å²) in [6.45, 7) is 5.89. The topological polar surface area (TPSA) is 77.4 Å². The Morgan fingerprint density at radius 3 is 2.39 bits per heavy atom. The average molecular weight is 431 g/mol. The van der Waals surface area contributed by atoms with Crippen molar-refractivity contribution in [1.29, 1.82) is 0 Å². The van der Waals surface area contributed by atoms with Crippen molar-refractivity contribution in [3.63, 3.8) is 0 Å². The number of rotatable bonds is 6. The second-order valence-corrected chi connectivity index (χ2v) is 9.66. The lowest BCUT2D eigenvalue weighted by Crippen LogP contribution is -2.52. The minimum Gasteiger partial charge on any atom is -0.464 e. The molecule has 0 unspecified atom stereocenters. The van der Waals surface area contributed by atoms with Gasteiger partial charge in [0, 0.05) is 12.2 Å². The van der Waals surface area contributed by atoms with Crippen molar-refractivity contribution in [2.45, 2.75) is 103 Å². The number of aromatic nitrogens is 1. The van der Waals surface area contributed by atoms with Gasteiger partial charge in [-0.2, -0.15) is 0 Å². The van der Waals surface area contributed by atoms with Crippen molar-refractivity contribution in [3.8, 4) is 0 Å². The minimum atomic E-state index is -1.20. The molecule has 1 saturated carbocycles. The Hall–Kier alpha value is -2.11. The number of fused-ring (bicyclic) bond motifs is 1. The summed E-state index contributed by atoms with van der Waals surface area (Å²) in [5.74, 6) is -0.502. The van der Waals surface area contributed by atoms with E-state index in [0.717, 1.165) is 49.8 Å². The van der Waals surface area contributed by atoms with Crippen LogP contribution in [0.2, 0.25) is 0 Å². The smallest absolute Gasteiger partial charge is 0.331 e. The van der Waals surface area contributed by atoms with E-state index in [1.54, 1.807) is 26.8 Å². The number of esters is 1. The standard InChI is InChI=1S/C25H38N2O4/c1-4-31-24(30)25(2,3)26-22(28)20-16-19-14-10-5-6-11-15-21(19)27(23(20)29)17-18-12-8-7-9-13-18/h16,18H,4-15,17H2,1-3H3,(H,26,28). The van der Waals surface area contributed by atoms with Gasteiger partial charge in [-0.25, -0.2) is 4.79 Å². The van der Waals surface area contributed by atoms with Crippen LogP contribution in [0.5, 0.6) is 0 Å². The highest BCUT2D eigenvalue weighted by atomic mass is 16.5. The van der Waals surface area contributed by atoms with E-state index < -0.39 is 17.4 Å². The highest BCUT2D eigenvalue weighted by Gasteiger charge is 2.33. The molecule has 1 amide bonds. The molecule has 172 valence electrons. The van der Waals surface area contributed by atoms with E-state index in [0.29, 0.717) is 12.5 Å². The van der Waals surface area contributed by atoms with Gasteiger partial charge in [0.15, 0.2) is 0 Å². The molecule has 1 N–H and O–H groups in total. The fourth-order valence-electron chi connectivity index (χ4n) is 4.93. The predicted molar refractivity (Wildman–Crippen MR) is 121 cm³/mol. The summed E-state index contributed by atoms with van der Waals surface area (Å²) in [6, 6.07) is 1.79. The van der Waals surface area contributed by atoms with Crippen LogP contribution in [0.3, 0.4) is 0 Å². The molecule has 0 saturated heterocycles. The number of carbonyl (C=O) groups excluding carboxylic acids is 2. The van der Waals surface area contributed by atoms with Crippen LogP contribution in [-0.4, -0.2) is 28.6 Å². The summed E-state index contributed by atoms with van der Waals surface area (Å²) < 4.78 is 6.99. The van der Waals surface area contributed by atoms with Crippen molar-refractivity contribution in [3.05, 3.63) is 33.2 Å². The fraction of sp³-hybridized carbons (Fsp3) is 0.720. The predicted octanol–water partition coefficient (Wildman–Crippen LogP) is 4.16. The summed E-state index contributed by atoms with van der Waals surface area (Å²) in [6.07, 6.45) is 12.3. The molecule has 0 aromatic carbocycles. The van der Waals surface area contributed by atoms with Gasteiger partial charge in [0.25, 0.3) is 11.5 Å². The van der Waals surface area contributed by atoms with Crippen LogP contribution >= 0.6 is 0 Å². The van der Waals surface area contributed by atoms with E-state index in [9.17, 15) is 14.4 Å². The summed E-state index contributed by atoms with van der Waals surface area (Å²) in [5, 5.41) is 2.74. The Kier molecular flexibility index (Phi) is 7.95. The molecular weight excluding hydrogens is 392 g/mol. The maximum atomic E-state index is 13.5. The van der Waals surface area contributed by atoms with Gasteiger partial charge in [-0.3, -0.25) is 9.59 Å². The lowest BCUT2D eigenvalue weighted by molar-refractivity contribution is -0.149. The van der Waals surface area contributed by atoms with Gasteiger partial charge in [0.05, 0.1) is 6.61 Å². The normalized spacial score (nSPS) is 17.9. The average Bonchev–Trinajstić information content (AvgIpc) is 2.71. The van der Waals surface area contributed by atoms with Gasteiger partial charge in [-0.15, -0.1) is 0 Å². The van der Waals surface area contributed by atoms with Crippen LogP contribution in [-0.2, 0) is 28.9 Å². The van der Waals surface area contributed by atoms with E-state index in [-0.39, 0.29) is 17.7 Å². The minimum absolute atomic E-state index is 0.146. The zero-order valence-electron chi connectivity index (χ0n) is 19.4. The van der Waals surface area contributed by atoms with Gasteiger partial charge in [0.2, 0.25) is 0 Å². The maximum absolute atomic E-state index is 13.5. The molecular formula is C25H38N2O4. The Labute approximate surface area is 185 Å². The molecule has 0 spiro atoms. The molecule has 3 rings (SSSR count). The molecule has 1 fully saturated rings. The number of ether oxygens (including phenoxy) is 1. The number of hydrogen-bond acceptors (Lipinski definition) is 4. The zero-order valence-corrected chi connectivity index (χ0v) is 19.4. The van der Waals surface area contributed by atoms with Crippen LogP contribution in [0, 0.1) is 5.92 Å². The summed E-state index contributed by atoms with van der Waals surface area (Å²) in [5.41, 5.74) is 0.970. The van der Waals surface area contributed by atoms with E-state index in [2.05, 4.69) is 5.32 Å². The number of carbonyl (C=O) groups is 2. The molecule has 1 aromatic rings. The molecule has 1 heterocycles. The van der Waals surface area contributed by atoms with E-state index in [1.165, 1.54) is 32.1 Å². The molecule has 31 heavy (non-hydrogen) atoms. The molecule has 0 aliphatic heterocycles. The maximum Gasteiger partial charge on any atom is 0.331 e. The number of nitrogens with zero attached hydrogens (tertiary/aromatic N) is 1. The molecule has 6 nitrogen and oxygen atoms in total. The van der Waals surface area contributed by atoms with Crippen LogP contribution in [0.15, 0.2) is 10.9 Å². The van der Waals surface area contributed by atoms with Gasteiger partial charge < -0.3 is 14.6 Å². The Morgan fingerprint density at radius 2 is 1.71 bits per heavy atom. The monoisotopic (exact) mass is 430 g/mol. The number of hydrogen-bond donors (Lipinski definition) is 1. The highest BCUT2D eigenvalue weighted by Crippen LogP contribution is 2.27. The lowest BCUT2D eigenvalue weighted by Gasteiger charge is -2.27.